The highest BCUT2D eigenvalue weighted by atomic mass is 16.5. The number of nitrogens with one attached hydrogen (secondary N) is 7. The molecule has 1 aliphatic carbocycles. The number of carbonyl (C=O) groups is 2. The number of nitrogens with two attached hydrogens (primary N) is 7. The van der Waals surface area contributed by atoms with Crippen molar-refractivity contribution in [3.63, 3.8) is 0 Å². The van der Waals surface area contributed by atoms with Gasteiger partial charge in [-0.1, -0.05) is 93.2 Å². The van der Waals surface area contributed by atoms with E-state index in [0.717, 1.165) is 169 Å². The van der Waals surface area contributed by atoms with E-state index in [2.05, 4.69) is 77.8 Å². The smallest absolute Gasteiger partial charge is 0.191 e. The molecule has 0 amide bonds. The second-order valence-corrected chi connectivity index (χ2v) is 30.7. The van der Waals surface area contributed by atoms with Gasteiger partial charge in [-0.05, 0) is 232 Å². The summed E-state index contributed by atoms with van der Waals surface area (Å²) in [5.41, 5.74) is 55.0. The third-order valence-electron chi connectivity index (χ3n) is 22.1. The van der Waals surface area contributed by atoms with Crippen LogP contribution in [0.4, 0.5) is 5.69 Å². The molecule has 9 rings (SSSR count). The van der Waals surface area contributed by atoms with E-state index in [1.54, 1.807) is 0 Å². The van der Waals surface area contributed by atoms with E-state index in [1.165, 1.54) is 69.8 Å². The molecule has 0 bridgehead atoms. The van der Waals surface area contributed by atoms with Crippen LogP contribution in [0, 0.1) is 103 Å². The van der Waals surface area contributed by atoms with Gasteiger partial charge in [-0.2, -0.15) is 0 Å². The topological polar surface area (TPSA) is 449 Å². The monoisotopic (exact) mass is 1370 g/mol. The summed E-state index contributed by atoms with van der Waals surface area (Å²) in [6.07, 6.45) is 21.5. The van der Waals surface area contributed by atoms with Crippen LogP contribution in [0.15, 0.2) is 29.3 Å². The van der Waals surface area contributed by atoms with Gasteiger partial charge in [0.15, 0.2) is 29.8 Å². The van der Waals surface area contributed by atoms with Crippen molar-refractivity contribution >= 4 is 47.1 Å². The lowest BCUT2D eigenvalue weighted by Gasteiger charge is -2.36. The van der Waals surface area contributed by atoms with Gasteiger partial charge < -0.3 is 97.1 Å². The van der Waals surface area contributed by atoms with Crippen LogP contribution in [0.2, 0.25) is 0 Å². The van der Waals surface area contributed by atoms with Crippen molar-refractivity contribution in [2.45, 2.75) is 228 Å². The van der Waals surface area contributed by atoms with E-state index < -0.39 is 0 Å². The van der Waals surface area contributed by atoms with Crippen LogP contribution < -0.4 is 45.5 Å². The first-order valence-electron chi connectivity index (χ1n) is 37.6. The fourth-order valence-electron chi connectivity index (χ4n) is 15.0. The van der Waals surface area contributed by atoms with E-state index >= 15 is 0 Å². The van der Waals surface area contributed by atoms with Gasteiger partial charge in [-0.3, -0.25) is 31.2 Å². The fourth-order valence-corrected chi connectivity index (χ4v) is 15.0. The van der Waals surface area contributed by atoms with Crippen LogP contribution in [0.3, 0.4) is 0 Å². The number of guanidine groups is 5. The number of hydrogen-bond acceptors (Lipinski definition) is 13. The van der Waals surface area contributed by atoms with Gasteiger partial charge in [0.1, 0.15) is 11.6 Å². The minimum Gasteiger partial charge on any atom is -0.785 e. The molecule has 25 heteroatoms. The first-order valence-corrected chi connectivity index (χ1v) is 37.6. The summed E-state index contributed by atoms with van der Waals surface area (Å²) < 4.78 is 0. The molecule has 0 radical (unpaired) electrons. The second kappa shape index (κ2) is 46.2. The molecule has 4 unspecified atom stereocenters. The Labute approximate surface area is 591 Å². The van der Waals surface area contributed by atoms with Crippen molar-refractivity contribution in [3.05, 3.63) is 51.7 Å². The number of benzene rings is 1. The standard InChI is InChI=1S/C15H27N2O2.C13H23N2O2.C11H17N3.2C9H19N3.2C8H17N4/c1-11(13-6-4-12(10-16)5-7-13)9-15(18)14-3-2-8-17(14)19;1-10(11-4-6-14-7-5-11)9-13(16)12-3-2-8-15(12)17;1-8(2)7-9-3-5-10(6-4-9)14-11(12)13;2*1-7(2)8-3-5-12(6-4-8)9(10)11;2*1-6(9)7-2-4-12(5-3-7)8(10)11/h11-14H,2-10,16H2,1H3;10-12,14H,2-9H2,1H3;3-6,8H,7H2,1-2H3,(H4,12,13,14);2*7-8H,3-6H2,1-2H3,(H3,10,11);2*6-7,9H,2-5H2,1H3,(H3,10,11)/q2*-1;;;;2*-1/t11?,12?,13?,14-;10?,12-;;;;;/m00...../s1. The summed E-state index contributed by atoms with van der Waals surface area (Å²) in [7, 11) is 0. The highest BCUT2D eigenvalue weighted by Crippen LogP contribution is 2.36. The molecule has 0 spiro atoms. The molecule has 7 aliphatic heterocycles. The molecule has 7 saturated heterocycles. The van der Waals surface area contributed by atoms with Crippen LogP contribution in [0.1, 0.15) is 203 Å². The Morgan fingerprint density at radius 3 is 1.07 bits per heavy atom. The Balaban J connectivity index is 0.000000300. The van der Waals surface area contributed by atoms with Gasteiger partial charge >= 0.3 is 0 Å². The molecule has 8 aliphatic rings. The van der Waals surface area contributed by atoms with E-state index in [9.17, 15) is 20.0 Å². The first kappa shape index (κ1) is 86.8. The van der Waals surface area contributed by atoms with E-state index in [0.29, 0.717) is 73.3 Å². The number of likely N-dealkylation sites (tertiary alicyclic amines) is 4. The number of nitrogens with zero attached hydrogens (tertiary/aromatic N) is 7. The maximum atomic E-state index is 12.2. The minimum absolute atomic E-state index is 0.0270. The zero-order chi connectivity index (χ0) is 73.2. The quantitative estimate of drug-likeness (QED) is 0.0540. The summed E-state index contributed by atoms with van der Waals surface area (Å²) in [5.74, 6) is 8.97. The number of ketones is 2. The van der Waals surface area contributed by atoms with E-state index in [4.69, 9.17) is 73.2 Å². The normalized spacial score (nSPS) is 23.6. The second-order valence-electron chi connectivity index (χ2n) is 30.7. The Bertz CT molecular complexity index is 2280. The number of hydroxylamine groups is 4. The predicted octanol–water partition coefficient (Wildman–Crippen LogP) is 10.2. The minimum atomic E-state index is -0.345. The lowest BCUT2D eigenvalue weighted by Crippen LogP contribution is -2.43. The zero-order valence-electron chi connectivity index (χ0n) is 62.4. The first-order chi connectivity index (χ1) is 46.3. The Morgan fingerprint density at radius 2 is 0.806 bits per heavy atom. The molecule has 21 N–H and O–H groups in total. The summed E-state index contributed by atoms with van der Waals surface area (Å²) >= 11 is 0. The Morgan fingerprint density at radius 1 is 0.480 bits per heavy atom. The molecule has 7 heterocycles. The third-order valence-corrected chi connectivity index (χ3v) is 22.1. The number of aliphatic imine (C=N–C) groups is 1. The number of carbonyl (C=O) groups excluding carboxylic acids is 2. The lowest BCUT2D eigenvalue weighted by molar-refractivity contribution is -0.124. The molecule has 1 aromatic rings. The largest absolute Gasteiger partial charge is 0.785 e. The number of Topliss-reactive ketones (excluding diaryl/α,β-unsaturated/α-hetero) is 2. The van der Waals surface area contributed by atoms with Crippen LogP contribution in [0.25, 0.3) is 11.5 Å². The van der Waals surface area contributed by atoms with E-state index in [1.807, 2.05) is 45.6 Å². The van der Waals surface area contributed by atoms with Crippen molar-refractivity contribution in [2.75, 3.05) is 85.1 Å². The van der Waals surface area contributed by atoms with Crippen LogP contribution >= 0.6 is 0 Å². The van der Waals surface area contributed by atoms with Gasteiger partial charge in [-0.15, -0.1) is 12.1 Å². The molecule has 6 atom stereocenters. The summed E-state index contributed by atoms with van der Waals surface area (Å²) in [4.78, 5) is 35.8. The average Bonchev–Trinajstić information content (AvgIpc) is 1.70. The number of piperidine rings is 5. The highest BCUT2D eigenvalue weighted by molar-refractivity contribution is 5.85. The molecule has 0 aromatic heterocycles. The van der Waals surface area contributed by atoms with Crippen molar-refractivity contribution in [3.8, 4) is 0 Å². The van der Waals surface area contributed by atoms with Gasteiger partial charge in [0.05, 0.1) is 17.8 Å². The number of rotatable bonds is 16. The van der Waals surface area contributed by atoms with Gasteiger partial charge in [0, 0.05) is 65.2 Å². The zero-order valence-corrected chi connectivity index (χ0v) is 62.4. The van der Waals surface area contributed by atoms with Gasteiger partial charge in [0.2, 0.25) is 0 Å². The summed E-state index contributed by atoms with van der Waals surface area (Å²) in [6.45, 7) is 33.0. The van der Waals surface area contributed by atoms with Crippen LogP contribution in [0.5, 0.6) is 0 Å². The van der Waals surface area contributed by atoms with Crippen molar-refractivity contribution in [2.24, 2.45) is 116 Å². The molecule has 98 heavy (non-hydrogen) atoms. The molecule has 564 valence electrons. The molecule has 25 nitrogen and oxygen atoms in total. The third kappa shape index (κ3) is 32.9. The van der Waals surface area contributed by atoms with Crippen molar-refractivity contribution < 1.29 is 9.59 Å². The van der Waals surface area contributed by atoms with Crippen molar-refractivity contribution in [1.82, 2.24) is 35.0 Å². The van der Waals surface area contributed by atoms with Crippen molar-refractivity contribution in [1.29, 1.82) is 21.6 Å². The number of hydrogen-bond donors (Lipinski definition) is 12. The molecule has 1 saturated carbocycles. The fraction of sp³-hybridized carbons (Fsp3) is 0.822. The molecular formula is C73H139N21O4-4. The maximum absolute atomic E-state index is 12.2. The highest BCUT2D eigenvalue weighted by Gasteiger charge is 2.32. The molecular weight excluding hydrogens is 1230 g/mol. The molecule has 8 fully saturated rings. The summed E-state index contributed by atoms with van der Waals surface area (Å²) in [6, 6.07) is 7.35. The van der Waals surface area contributed by atoms with Gasteiger partial charge in [-0.25, -0.2) is 4.99 Å². The maximum Gasteiger partial charge on any atom is 0.191 e. The average molecular weight is 1380 g/mol. The lowest BCUT2D eigenvalue weighted by atomic mass is 9.74. The Hall–Kier alpha value is -5.41. The van der Waals surface area contributed by atoms with E-state index in [-0.39, 0.29) is 65.5 Å². The SMILES string of the molecule is CC(C)C1CCN(C(=N)N)CC1.CC(C)C1CCN(C(=N)N)CC1.CC(C)Cc1ccc(N=C(N)N)cc1.CC(CC(=O)[C@@H]1CCCN1[O-])C1CCC(CN)CC1.CC(CC(=O)[C@@H]1CCCN1[O-])C1CCNCC1.CC([NH-])C1CCN(C(=N)N)CC1.CC([NH-])C1CCN(C(=N)N)CC1. The Kier molecular flexibility index (Phi) is 40.9. The van der Waals surface area contributed by atoms with Gasteiger partial charge in [0.25, 0.3) is 0 Å². The predicted molar refractivity (Wildman–Crippen MR) is 406 cm³/mol. The molecule has 1 aromatic carbocycles. The summed E-state index contributed by atoms with van der Waals surface area (Å²) in [5, 5.41) is 57.3. The van der Waals surface area contributed by atoms with Crippen LogP contribution in [-0.2, 0) is 16.0 Å². The van der Waals surface area contributed by atoms with Crippen LogP contribution in [-0.4, -0.2) is 180 Å².